The largest absolute Gasteiger partial charge is 0.286 e. The Kier molecular flexibility index (Phi) is 6.21. The molecule has 10 heteroatoms. The van der Waals surface area contributed by atoms with E-state index in [2.05, 4.69) is 70.5 Å². The summed E-state index contributed by atoms with van der Waals surface area (Å²) < 4.78 is 1.19. The summed E-state index contributed by atoms with van der Waals surface area (Å²) in [6.07, 6.45) is 0. The van der Waals surface area contributed by atoms with Gasteiger partial charge in [-0.3, -0.25) is 30.3 Å². The number of hydrogen-bond acceptors (Lipinski definition) is 6. The fourth-order valence-corrected chi connectivity index (χ4v) is 3.83. The molecular formula is C21H14BrN3O6. The highest BCUT2D eigenvalue weighted by atomic mass is 79.9. The lowest BCUT2D eigenvalue weighted by atomic mass is 10.0. The molecule has 0 amide bonds. The van der Waals surface area contributed by atoms with Crippen molar-refractivity contribution in [2.24, 2.45) is 0 Å². The Morgan fingerprint density at radius 3 is 1.48 bits per heavy atom. The molecule has 0 aliphatic rings. The second kappa shape index (κ2) is 8.84. The van der Waals surface area contributed by atoms with Gasteiger partial charge in [0, 0.05) is 4.47 Å². The Bertz CT molecular complexity index is 1270. The predicted octanol–water partition coefficient (Wildman–Crippen LogP) is 6.48. The topological polar surface area (TPSA) is 129 Å². The molecule has 0 bridgehead atoms. The first kappa shape index (κ1) is 21.8. The van der Waals surface area contributed by atoms with Crippen molar-refractivity contribution in [1.29, 1.82) is 0 Å². The van der Waals surface area contributed by atoms with Crippen LogP contribution in [0.3, 0.4) is 0 Å². The molecule has 4 aromatic rings. The third-order valence-electron chi connectivity index (χ3n) is 4.65. The summed E-state index contributed by atoms with van der Waals surface area (Å²) >= 11 is 3.68. The SMILES string of the molecule is Brc1c2ccccc2cc2ccccc12.Cc1c([N+](=O)[O-])cc([N+](=O)[O-])cc1[N+](=O)[O-]. The monoisotopic (exact) mass is 483 g/mol. The zero-order valence-electron chi connectivity index (χ0n) is 16.0. The van der Waals surface area contributed by atoms with Crippen molar-refractivity contribution in [2.45, 2.75) is 6.92 Å². The molecule has 4 aromatic carbocycles. The van der Waals surface area contributed by atoms with Gasteiger partial charge in [0.15, 0.2) is 0 Å². The summed E-state index contributed by atoms with van der Waals surface area (Å²) in [5.41, 5.74) is -2.16. The lowest BCUT2D eigenvalue weighted by Gasteiger charge is -2.05. The normalized spacial score (nSPS) is 10.4. The first-order chi connectivity index (χ1) is 14.7. The highest BCUT2D eigenvalue weighted by molar-refractivity contribution is 9.10. The van der Waals surface area contributed by atoms with Gasteiger partial charge in [-0.05, 0) is 50.5 Å². The van der Waals surface area contributed by atoms with Crippen LogP contribution in [0.15, 0.2) is 71.2 Å². The molecule has 31 heavy (non-hydrogen) atoms. The lowest BCUT2D eigenvalue weighted by Crippen LogP contribution is -2.00. The Morgan fingerprint density at radius 1 is 0.677 bits per heavy atom. The maximum absolute atomic E-state index is 10.5. The Balaban J connectivity index is 0.000000176. The number of benzene rings is 4. The highest BCUT2D eigenvalue weighted by Gasteiger charge is 2.27. The van der Waals surface area contributed by atoms with E-state index >= 15 is 0 Å². The van der Waals surface area contributed by atoms with Gasteiger partial charge in [-0.25, -0.2) is 0 Å². The van der Waals surface area contributed by atoms with Crippen LogP contribution in [0.25, 0.3) is 21.5 Å². The molecule has 0 aliphatic heterocycles. The van der Waals surface area contributed by atoms with Crippen LogP contribution in [0.1, 0.15) is 5.56 Å². The number of rotatable bonds is 3. The van der Waals surface area contributed by atoms with Gasteiger partial charge in [-0.2, -0.15) is 0 Å². The van der Waals surface area contributed by atoms with Crippen LogP contribution in [0, 0.1) is 37.3 Å². The van der Waals surface area contributed by atoms with Gasteiger partial charge >= 0.3 is 0 Å². The zero-order chi connectivity index (χ0) is 22.7. The molecular weight excluding hydrogens is 470 g/mol. The molecule has 0 heterocycles. The van der Waals surface area contributed by atoms with Crippen molar-refractivity contribution < 1.29 is 14.8 Å². The Hall–Kier alpha value is -3.92. The molecule has 0 radical (unpaired) electrons. The molecule has 0 aliphatic carbocycles. The maximum atomic E-state index is 10.5. The molecule has 0 unspecified atom stereocenters. The minimum Gasteiger partial charge on any atom is -0.258 e. The van der Waals surface area contributed by atoms with Crippen LogP contribution in [-0.2, 0) is 0 Å². The van der Waals surface area contributed by atoms with Crippen LogP contribution in [-0.4, -0.2) is 14.8 Å². The third-order valence-corrected chi connectivity index (χ3v) is 5.50. The van der Waals surface area contributed by atoms with E-state index in [0.29, 0.717) is 12.1 Å². The van der Waals surface area contributed by atoms with Crippen molar-refractivity contribution in [1.82, 2.24) is 0 Å². The lowest BCUT2D eigenvalue weighted by molar-refractivity contribution is -0.403. The smallest absolute Gasteiger partial charge is 0.258 e. The fraction of sp³-hybridized carbons (Fsp3) is 0.0476. The second-order valence-electron chi connectivity index (χ2n) is 6.51. The van der Waals surface area contributed by atoms with Crippen LogP contribution < -0.4 is 0 Å². The molecule has 0 saturated heterocycles. The van der Waals surface area contributed by atoms with Gasteiger partial charge in [0.05, 0.1) is 26.9 Å². The van der Waals surface area contributed by atoms with Crippen LogP contribution in [0.4, 0.5) is 17.1 Å². The average Bonchev–Trinajstić information content (AvgIpc) is 2.74. The van der Waals surface area contributed by atoms with Crippen LogP contribution in [0.5, 0.6) is 0 Å². The standard InChI is InChI=1S/C14H9Br.C7H5N3O6/c15-14-12-7-3-1-5-10(12)9-11-6-2-4-8-13(11)14;1-4-6(9(13)14)2-5(8(11)12)3-7(4)10(15)16/h1-9H;2-3H,1H3. The van der Waals surface area contributed by atoms with Gasteiger partial charge in [-0.1, -0.05) is 48.5 Å². The van der Waals surface area contributed by atoms with Crippen molar-refractivity contribution in [3.05, 3.63) is 107 Å². The number of hydrogen-bond donors (Lipinski definition) is 0. The van der Waals surface area contributed by atoms with Crippen LogP contribution >= 0.6 is 15.9 Å². The van der Waals surface area contributed by atoms with E-state index in [9.17, 15) is 30.3 Å². The van der Waals surface area contributed by atoms with Crippen molar-refractivity contribution in [3.8, 4) is 0 Å². The highest BCUT2D eigenvalue weighted by Crippen LogP contribution is 2.33. The van der Waals surface area contributed by atoms with E-state index in [0.717, 1.165) is 0 Å². The minimum atomic E-state index is -0.917. The van der Waals surface area contributed by atoms with E-state index in [1.54, 1.807) is 0 Å². The Morgan fingerprint density at radius 2 is 1.10 bits per heavy atom. The fourth-order valence-electron chi connectivity index (χ4n) is 3.11. The quantitative estimate of drug-likeness (QED) is 0.186. The van der Waals surface area contributed by atoms with Gasteiger partial charge in [0.25, 0.3) is 17.1 Å². The molecule has 0 N–H and O–H groups in total. The second-order valence-corrected chi connectivity index (χ2v) is 7.31. The molecule has 4 rings (SSSR count). The average molecular weight is 484 g/mol. The van der Waals surface area contributed by atoms with Crippen LogP contribution in [0.2, 0.25) is 0 Å². The maximum Gasteiger partial charge on any atom is 0.286 e. The minimum absolute atomic E-state index is 0.208. The number of nitrogens with zero attached hydrogens (tertiary/aromatic N) is 3. The van der Waals surface area contributed by atoms with Gasteiger partial charge in [0.2, 0.25) is 0 Å². The molecule has 0 fully saturated rings. The van der Waals surface area contributed by atoms with E-state index < -0.39 is 31.8 Å². The Labute approximate surface area is 183 Å². The number of non-ortho nitro benzene ring substituents is 1. The van der Waals surface area contributed by atoms with Crippen molar-refractivity contribution in [2.75, 3.05) is 0 Å². The first-order valence-electron chi connectivity index (χ1n) is 8.84. The first-order valence-corrected chi connectivity index (χ1v) is 9.63. The van der Waals surface area contributed by atoms with E-state index in [1.165, 1.54) is 32.9 Å². The summed E-state index contributed by atoms with van der Waals surface area (Å²) in [6.45, 7) is 1.17. The van der Waals surface area contributed by atoms with Gasteiger partial charge in [-0.15, -0.1) is 0 Å². The molecule has 0 saturated carbocycles. The molecule has 0 atom stereocenters. The predicted molar refractivity (Wildman–Crippen MR) is 120 cm³/mol. The summed E-state index contributed by atoms with van der Waals surface area (Å²) in [4.78, 5) is 28.8. The van der Waals surface area contributed by atoms with E-state index in [1.807, 2.05) is 0 Å². The van der Waals surface area contributed by atoms with Crippen molar-refractivity contribution >= 4 is 54.5 Å². The van der Waals surface area contributed by atoms with E-state index in [-0.39, 0.29) is 5.56 Å². The third kappa shape index (κ3) is 4.48. The number of nitro groups is 3. The molecule has 156 valence electrons. The van der Waals surface area contributed by atoms with Gasteiger partial charge in [0.1, 0.15) is 5.56 Å². The molecule has 0 aromatic heterocycles. The van der Waals surface area contributed by atoms with Gasteiger partial charge < -0.3 is 0 Å². The molecule has 0 spiro atoms. The summed E-state index contributed by atoms with van der Waals surface area (Å²) in [5.74, 6) is 0. The summed E-state index contributed by atoms with van der Waals surface area (Å²) in [6, 6.07) is 20.5. The van der Waals surface area contributed by atoms with Crippen molar-refractivity contribution in [3.63, 3.8) is 0 Å². The van der Waals surface area contributed by atoms with E-state index in [4.69, 9.17) is 0 Å². The molecule has 9 nitrogen and oxygen atoms in total. The summed E-state index contributed by atoms with van der Waals surface area (Å²) in [5, 5.41) is 36.6. The number of nitro benzene ring substituents is 3. The number of halogens is 1. The summed E-state index contributed by atoms with van der Waals surface area (Å²) in [7, 11) is 0. The zero-order valence-corrected chi connectivity index (χ0v) is 17.6. The number of fused-ring (bicyclic) bond motifs is 2.